The predicted octanol–water partition coefficient (Wildman–Crippen LogP) is -2.42. The van der Waals surface area contributed by atoms with Gasteiger partial charge < -0.3 is 29.9 Å². The van der Waals surface area contributed by atoms with Crippen molar-refractivity contribution in [2.45, 2.75) is 0 Å². The molecule has 150 valence electrons. The summed E-state index contributed by atoms with van der Waals surface area (Å²) in [5, 5.41) is 34.7. The largest absolute Gasteiger partial charge is 2.00 e. The van der Waals surface area contributed by atoms with Crippen molar-refractivity contribution in [3.63, 3.8) is 0 Å². The number of aliphatic carboxylic acids is 4. The fourth-order valence-corrected chi connectivity index (χ4v) is 1.90. The summed E-state index contributed by atoms with van der Waals surface area (Å²) in [7, 11) is 0. The van der Waals surface area contributed by atoms with Crippen LogP contribution < -0.4 is 0 Å². The molecule has 0 fully saturated rings. The van der Waals surface area contributed by atoms with Gasteiger partial charge in [-0.15, -0.1) is 0 Å². The third-order valence-corrected chi connectivity index (χ3v) is 2.91. The molecule has 0 amide bonds. The first-order valence-corrected chi connectivity index (χ1v) is 7.68. The monoisotopic (exact) mass is 420 g/mol. The molecule has 13 heteroatoms. The number of carboxylic acid groups (broad SMARTS) is 4. The molecule has 0 radical (unpaired) electrons. The molecule has 0 aromatic rings. The predicted molar refractivity (Wildman–Crippen MR) is 90.8 cm³/mol. The van der Waals surface area contributed by atoms with Crippen LogP contribution in [0.4, 0.5) is 0 Å². The van der Waals surface area contributed by atoms with Gasteiger partial charge in [-0.2, -0.15) is 0 Å². The van der Waals surface area contributed by atoms with Crippen LogP contribution in [0.3, 0.4) is 0 Å². The van der Waals surface area contributed by atoms with E-state index >= 15 is 0 Å². The average molecular weight is 420 g/mol. The number of ether oxygens (including phenoxy) is 2. The Hall–Kier alpha value is -1.02. The van der Waals surface area contributed by atoms with Crippen molar-refractivity contribution in [3.05, 3.63) is 0 Å². The molecular weight excluding hydrogens is 396 g/mol. The van der Waals surface area contributed by atoms with Gasteiger partial charge in [0.05, 0.1) is 52.6 Å². The van der Waals surface area contributed by atoms with Crippen molar-refractivity contribution < 1.29 is 49.1 Å². The Labute approximate surface area is 185 Å². The van der Waals surface area contributed by atoms with Crippen LogP contribution in [-0.2, 0) is 28.7 Å². The quantitative estimate of drug-likeness (QED) is 0.145. The van der Waals surface area contributed by atoms with E-state index in [-0.39, 0.29) is 77.3 Å². The fourth-order valence-electron chi connectivity index (χ4n) is 1.90. The van der Waals surface area contributed by atoms with Crippen LogP contribution in [0, 0.1) is 0 Å². The fraction of sp³-hybridized carbons (Fsp3) is 0.714. The van der Waals surface area contributed by atoms with E-state index in [9.17, 15) is 19.2 Å². The van der Waals surface area contributed by atoms with Crippen LogP contribution in [0.25, 0.3) is 0 Å². The molecule has 0 rings (SSSR count). The van der Waals surface area contributed by atoms with Crippen LogP contribution in [0.2, 0.25) is 0 Å². The van der Waals surface area contributed by atoms with E-state index in [2.05, 4.69) is 0 Å². The van der Waals surface area contributed by atoms with Crippen LogP contribution in [-0.4, -0.2) is 158 Å². The molecule has 0 unspecified atom stereocenters. The number of carbonyl (C=O) groups is 4. The van der Waals surface area contributed by atoms with Crippen molar-refractivity contribution in [1.29, 1.82) is 0 Å². The summed E-state index contributed by atoms with van der Waals surface area (Å²) in [6.45, 7) is -0.790. The standard InChI is InChI=1S/C14H24N2O10.Ca/c17-11(18)7-15(8-12(19)20)1-3-25-5-6-26-4-2-16(9-13(21)22)10-14(23)24;/h1-10H2,(H,17,18)(H,19,20)(H,21,22)(H,23,24);/q;+2. The van der Waals surface area contributed by atoms with Gasteiger partial charge in [0.15, 0.2) is 0 Å². The minimum Gasteiger partial charge on any atom is -0.480 e. The molecule has 0 aliphatic rings. The summed E-state index contributed by atoms with van der Waals surface area (Å²) in [5.74, 6) is -4.55. The summed E-state index contributed by atoms with van der Waals surface area (Å²) in [6, 6.07) is 0. The molecule has 0 aromatic carbocycles. The second kappa shape index (κ2) is 17.1. The van der Waals surface area contributed by atoms with E-state index in [0.29, 0.717) is 0 Å². The molecule has 0 heterocycles. The van der Waals surface area contributed by atoms with Gasteiger partial charge in [-0.05, 0) is 0 Å². The molecule has 0 spiro atoms. The third-order valence-electron chi connectivity index (χ3n) is 2.91. The van der Waals surface area contributed by atoms with Crippen LogP contribution >= 0.6 is 0 Å². The van der Waals surface area contributed by atoms with Gasteiger partial charge in [0.2, 0.25) is 0 Å². The molecule has 0 bridgehead atoms. The molecular formula is C14H24CaN2O10+2. The zero-order valence-electron chi connectivity index (χ0n) is 14.9. The molecule has 12 nitrogen and oxygen atoms in total. The summed E-state index contributed by atoms with van der Waals surface area (Å²) in [6.07, 6.45) is 0. The van der Waals surface area contributed by atoms with Gasteiger partial charge in [0, 0.05) is 13.1 Å². The first kappa shape index (κ1) is 28.2. The Morgan fingerprint density at radius 2 is 0.815 bits per heavy atom. The van der Waals surface area contributed by atoms with Crippen molar-refractivity contribution in [3.8, 4) is 0 Å². The maximum atomic E-state index is 10.6. The van der Waals surface area contributed by atoms with Gasteiger partial charge in [-0.3, -0.25) is 29.0 Å². The summed E-state index contributed by atoms with van der Waals surface area (Å²) in [5.41, 5.74) is 0. The van der Waals surface area contributed by atoms with Crippen molar-refractivity contribution in [1.82, 2.24) is 9.80 Å². The van der Waals surface area contributed by atoms with Crippen molar-refractivity contribution in [2.24, 2.45) is 0 Å². The molecule has 0 saturated carbocycles. The molecule has 0 saturated heterocycles. The van der Waals surface area contributed by atoms with Crippen molar-refractivity contribution in [2.75, 3.05) is 65.7 Å². The zero-order chi connectivity index (χ0) is 19.9. The van der Waals surface area contributed by atoms with E-state index in [0.717, 1.165) is 0 Å². The Morgan fingerprint density at radius 3 is 1.04 bits per heavy atom. The normalized spacial score (nSPS) is 10.6. The Balaban J connectivity index is 0. The summed E-state index contributed by atoms with van der Waals surface area (Å²) in [4.78, 5) is 44.9. The maximum Gasteiger partial charge on any atom is 2.00 e. The molecule has 27 heavy (non-hydrogen) atoms. The number of hydrogen-bond donors (Lipinski definition) is 4. The van der Waals surface area contributed by atoms with Gasteiger partial charge in [0.25, 0.3) is 0 Å². The smallest absolute Gasteiger partial charge is 0.480 e. The van der Waals surface area contributed by atoms with Gasteiger partial charge >= 0.3 is 61.6 Å². The SMILES string of the molecule is O=C(O)CN(CCOCCOCCN(CC(=O)O)CC(=O)O)CC(=O)O.[Ca+2]. The second-order valence-corrected chi connectivity index (χ2v) is 5.22. The van der Waals surface area contributed by atoms with Crippen molar-refractivity contribution >= 4 is 61.6 Å². The van der Waals surface area contributed by atoms with E-state index in [1.165, 1.54) is 9.80 Å². The maximum absolute atomic E-state index is 10.6. The minimum atomic E-state index is -1.14. The van der Waals surface area contributed by atoms with E-state index in [1.54, 1.807) is 0 Å². The Kier molecular flexibility index (Phi) is 17.9. The van der Waals surface area contributed by atoms with Crippen LogP contribution in [0.1, 0.15) is 0 Å². The van der Waals surface area contributed by atoms with E-state index < -0.39 is 50.1 Å². The van der Waals surface area contributed by atoms with Gasteiger partial charge in [-0.25, -0.2) is 0 Å². The second-order valence-electron chi connectivity index (χ2n) is 5.22. The van der Waals surface area contributed by atoms with Gasteiger partial charge in [-0.1, -0.05) is 0 Å². The number of hydrogen-bond acceptors (Lipinski definition) is 8. The van der Waals surface area contributed by atoms with E-state index in [1.807, 2.05) is 0 Å². The Bertz CT molecular complexity index is 403. The molecule has 0 atom stereocenters. The summed E-state index contributed by atoms with van der Waals surface area (Å²) < 4.78 is 10.4. The van der Waals surface area contributed by atoms with E-state index in [4.69, 9.17) is 29.9 Å². The minimum absolute atomic E-state index is 0. The topological polar surface area (TPSA) is 174 Å². The summed E-state index contributed by atoms with van der Waals surface area (Å²) >= 11 is 0. The number of nitrogens with zero attached hydrogens (tertiary/aromatic N) is 2. The molecule has 0 aromatic heterocycles. The van der Waals surface area contributed by atoms with Crippen LogP contribution in [0.5, 0.6) is 0 Å². The zero-order valence-corrected chi connectivity index (χ0v) is 17.1. The number of rotatable bonds is 17. The first-order valence-electron chi connectivity index (χ1n) is 7.68. The molecule has 0 aliphatic heterocycles. The Morgan fingerprint density at radius 1 is 0.556 bits per heavy atom. The number of carboxylic acids is 4. The van der Waals surface area contributed by atoms with Crippen LogP contribution in [0.15, 0.2) is 0 Å². The average Bonchev–Trinajstić information content (AvgIpc) is 2.47. The molecule has 0 aliphatic carbocycles. The third kappa shape index (κ3) is 19.5. The van der Waals surface area contributed by atoms with Gasteiger partial charge in [0.1, 0.15) is 0 Å². The molecule has 4 N–H and O–H groups in total. The first-order chi connectivity index (χ1) is 12.2.